The number of halogens is 1. The predicted molar refractivity (Wildman–Crippen MR) is 188 cm³/mol. The molecule has 0 amide bonds. The molecule has 5 N–H and O–H groups in total. The topological polar surface area (TPSA) is 136 Å². The summed E-state index contributed by atoms with van der Waals surface area (Å²) in [5, 5.41) is 34.0. The summed E-state index contributed by atoms with van der Waals surface area (Å²) in [5.41, 5.74) is 5.78. The van der Waals surface area contributed by atoms with Crippen molar-refractivity contribution in [2.24, 2.45) is 20.7 Å². The first kappa shape index (κ1) is 36.8. The van der Waals surface area contributed by atoms with Crippen molar-refractivity contribution in [3.8, 4) is 0 Å². The molecule has 0 aromatic rings. The van der Waals surface area contributed by atoms with E-state index in [0.717, 1.165) is 0 Å². The van der Waals surface area contributed by atoms with E-state index in [1.165, 1.54) is 0 Å². The number of ether oxygens (including phenoxy) is 1. The van der Waals surface area contributed by atoms with Crippen molar-refractivity contribution in [2.45, 2.75) is 150 Å². The number of aliphatic hydroxyl groups excluding tert-OH is 1. The van der Waals surface area contributed by atoms with E-state index in [2.05, 4.69) is 112 Å². The van der Waals surface area contributed by atoms with E-state index < -0.39 is 57.9 Å². The fourth-order valence-corrected chi connectivity index (χ4v) is 18.9. The van der Waals surface area contributed by atoms with Crippen LogP contribution in [0, 0.1) is 0 Å². The number of fused-ring (bicyclic) bond motifs is 1. The Hall–Kier alpha value is 0.349. The fraction of sp³-hybridized carbons (Fsp3) is 0.893. The molecule has 6 atom stereocenters. The summed E-state index contributed by atoms with van der Waals surface area (Å²) >= 11 is 6.56. The molecule has 3 aliphatic heterocycles. The second-order valence-corrected chi connectivity index (χ2v) is 37.2. The second kappa shape index (κ2) is 10.4. The first-order chi connectivity index (χ1) is 18.4. The average Bonchev–Trinajstić information content (AvgIpc) is 3.29. The van der Waals surface area contributed by atoms with Gasteiger partial charge in [-0.3, -0.25) is 0 Å². The third kappa shape index (κ3) is 4.95. The second-order valence-electron chi connectivity index (χ2n) is 17.5. The summed E-state index contributed by atoms with van der Waals surface area (Å²) in [6, 6.07) is 0. The molecule has 0 aliphatic carbocycles. The third-order valence-electron chi connectivity index (χ3n) is 12.3. The van der Waals surface area contributed by atoms with Gasteiger partial charge in [0.1, 0.15) is 0 Å². The molecule has 9 nitrogen and oxygen atoms in total. The zero-order valence-electron chi connectivity index (χ0n) is 28.9. The number of nitrogens with zero attached hydrogens (tertiary/aromatic N) is 4. The summed E-state index contributed by atoms with van der Waals surface area (Å²) in [6.07, 6.45) is -2.06. The Morgan fingerprint density at radius 2 is 1.38 bits per heavy atom. The van der Waals surface area contributed by atoms with Gasteiger partial charge < -0.3 is 0 Å². The Kier molecular flexibility index (Phi) is 9.14. The summed E-state index contributed by atoms with van der Waals surface area (Å²) < 4.78 is 7.65. The van der Waals surface area contributed by atoms with Crippen LogP contribution in [-0.4, -0.2) is 123 Å². The third-order valence-corrected chi connectivity index (χ3v) is 32.4. The number of amidine groups is 2. The van der Waals surface area contributed by atoms with E-state index in [1.54, 1.807) is 0 Å². The minimum atomic E-state index is -2.96. The van der Waals surface area contributed by atoms with Gasteiger partial charge in [-0.1, -0.05) is 0 Å². The first-order valence-electron chi connectivity index (χ1n) is 15.1. The Balaban J connectivity index is 2.45. The van der Waals surface area contributed by atoms with Crippen LogP contribution < -0.4 is 5.73 Å². The van der Waals surface area contributed by atoms with Crippen LogP contribution in [0.25, 0.3) is 0 Å². The van der Waals surface area contributed by atoms with Gasteiger partial charge in [0.05, 0.1) is 0 Å². The predicted octanol–water partition coefficient (Wildman–Crippen LogP) is 3.38. The summed E-state index contributed by atoms with van der Waals surface area (Å²) in [4.78, 5) is 15.7. The normalized spacial score (nSPS) is 34.3. The van der Waals surface area contributed by atoms with Gasteiger partial charge in [0.25, 0.3) is 0 Å². The van der Waals surface area contributed by atoms with Crippen LogP contribution >= 0.6 is 11.6 Å². The zero-order valence-corrected chi connectivity index (χ0v) is 38.4. The number of aliphatic imine (C=N–C) groups is 3. The van der Waals surface area contributed by atoms with Crippen molar-refractivity contribution in [1.82, 2.24) is 4.90 Å². The van der Waals surface area contributed by atoms with Crippen LogP contribution in [0.2, 0.25) is 54.4 Å². The van der Waals surface area contributed by atoms with E-state index in [9.17, 15) is 15.3 Å². The molecule has 1 fully saturated rings. The molecule has 0 bridgehead atoms. The van der Waals surface area contributed by atoms with Crippen molar-refractivity contribution < 1.29 is 20.1 Å². The van der Waals surface area contributed by atoms with E-state index in [-0.39, 0.29) is 44.3 Å². The molecule has 42 heavy (non-hydrogen) atoms. The molecule has 0 spiro atoms. The Bertz CT molecular complexity index is 1210. The van der Waals surface area contributed by atoms with Crippen LogP contribution in [0.15, 0.2) is 15.0 Å². The number of nitrogens with two attached hydrogens (primary N) is 1. The Morgan fingerprint density at radius 1 is 0.929 bits per heavy atom. The molecule has 0 radical (unpaired) electrons. The molecule has 242 valence electrons. The molecule has 1 saturated heterocycles. The van der Waals surface area contributed by atoms with Gasteiger partial charge in [0.2, 0.25) is 0 Å². The molecule has 2 unspecified atom stereocenters. The summed E-state index contributed by atoms with van der Waals surface area (Å²) in [5.74, 6) is 0.443. The first-order valence-corrected chi connectivity index (χ1v) is 27.4. The van der Waals surface area contributed by atoms with Crippen molar-refractivity contribution in [3.05, 3.63) is 0 Å². The molecule has 0 saturated carbocycles. The SMILES string of the molecule is CC(C)(C)[Si](C)(C)C(O)[C@H]1O[C@@H](N2CN=C3C2=N[C]([SnH3])=NC3(N)Cl)[C@@](O)([Si](C)(C)C(C)(C)C)[C@@]1(O)[Si](C)(C)C(C)(C)C. The van der Waals surface area contributed by atoms with Gasteiger partial charge in [0.15, 0.2) is 0 Å². The van der Waals surface area contributed by atoms with E-state index in [4.69, 9.17) is 27.1 Å². The van der Waals surface area contributed by atoms with Gasteiger partial charge in [-0.05, 0) is 0 Å². The Labute approximate surface area is 275 Å². The number of alkyl halides is 1. The van der Waals surface area contributed by atoms with Gasteiger partial charge in [-0.15, -0.1) is 0 Å². The molecule has 3 aliphatic rings. The van der Waals surface area contributed by atoms with E-state index in [0.29, 0.717) is 15.4 Å². The van der Waals surface area contributed by atoms with E-state index in [1.807, 2.05) is 4.90 Å². The van der Waals surface area contributed by atoms with Gasteiger partial charge in [-0.25, -0.2) is 0 Å². The molecule has 0 aromatic heterocycles. The standard InChI is InChI=1S/C28H55ClN5O4Si3.Sn.3H/c1-23(2,3)39(10,11)21(35)19-26(36,40(12,13)24(4,5)6)27(37,41(14,15)25(7,8)9)22(38-19)34-17-32-18-20(34)31-16-33-28(18,29)30;;;;/h19,21-22,35-37H,17,30H2,1-15H3;;;;/t19-,21?,22-,26+,27-,28?;;;;/m1..../s1. The monoisotopic (exact) mass is 767 g/mol. The maximum atomic E-state index is 13.8. The molecule has 3 heterocycles. The number of rotatable bonds is 5. The van der Waals surface area contributed by atoms with Gasteiger partial charge in [0, 0.05) is 0 Å². The molecule has 0 aromatic carbocycles. The summed E-state index contributed by atoms with van der Waals surface area (Å²) in [7, 11) is -8.45. The molecule has 14 heteroatoms. The number of hydrogen-bond donors (Lipinski definition) is 4. The molecule has 3 rings (SSSR count). The number of aliphatic hydroxyl groups is 3. The van der Waals surface area contributed by atoms with Crippen molar-refractivity contribution in [2.75, 3.05) is 6.67 Å². The van der Waals surface area contributed by atoms with Gasteiger partial charge in [-0.2, -0.15) is 0 Å². The van der Waals surface area contributed by atoms with Crippen LogP contribution in [0.1, 0.15) is 62.3 Å². The summed E-state index contributed by atoms with van der Waals surface area (Å²) in [6.45, 7) is 32.2. The average molecular weight is 767 g/mol. The number of hydrogen-bond acceptors (Lipinski definition) is 9. The van der Waals surface area contributed by atoms with Crippen molar-refractivity contribution >= 4 is 73.7 Å². The fourth-order valence-electron chi connectivity index (χ4n) is 6.38. The van der Waals surface area contributed by atoms with Crippen molar-refractivity contribution in [3.63, 3.8) is 0 Å². The zero-order chi connectivity index (χ0) is 33.1. The molecular weight excluding hydrogens is 709 g/mol. The van der Waals surface area contributed by atoms with Crippen LogP contribution in [0.3, 0.4) is 0 Å². The van der Waals surface area contributed by atoms with Crippen LogP contribution in [0.5, 0.6) is 0 Å². The van der Waals surface area contributed by atoms with E-state index >= 15 is 0 Å². The van der Waals surface area contributed by atoms with Crippen LogP contribution in [0.4, 0.5) is 0 Å². The minimum absolute atomic E-state index is 0.103. The maximum absolute atomic E-state index is 13.8. The molecular formula is C28H58ClN5O4Si3Sn. The van der Waals surface area contributed by atoms with Crippen molar-refractivity contribution in [1.29, 1.82) is 0 Å². The quantitative estimate of drug-likeness (QED) is 0.193. The van der Waals surface area contributed by atoms with Crippen LogP contribution in [-0.2, 0) is 4.74 Å². The van der Waals surface area contributed by atoms with Gasteiger partial charge >= 0.3 is 276 Å². The Morgan fingerprint density at radius 3 is 1.81 bits per heavy atom.